The van der Waals surface area contributed by atoms with Crippen LogP contribution in [0.3, 0.4) is 0 Å². The average Bonchev–Trinajstić information content (AvgIpc) is 2.86. The van der Waals surface area contributed by atoms with Gasteiger partial charge in [-0.25, -0.2) is 4.79 Å². The van der Waals surface area contributed by atoms with Crippen molar-refractivity contribution < 1.29 is 9.53 Å². The maximum absolute atomic E-state index is 11.2. The number of amides is 1. The van der Waals surface area contributed by atoms with E-state index in [4.69, 9.17) is 18.0 Å². The molecule has 3 N–H and O–H groups in total. The van der Waals surface area contributed by atoms with E-state index in [0.29, 0.717) is 4.99 Å². The highest BCUT2D eigenvalue weighted by Gasteiger charge is 2.24. The van der Waals surface area contributed by atoms with Crippen LogP contribution in [0.25, 0.3) is 0 Å². The molecule has 2 rings (SSSR count). The maximum Gasteiger partial charge on any atom is 0.407 e. The van der Waals surface area contributed by atoms with Crippen LogP contribution >= 0.6 is 12.2 Å². The SMILES string of the molecule is COC(=O)NC1CCN(Cc2ccccc2C(N)=S)C1. The molecular formula is C14H19N3O2S. The van der Waals surface area contributed by atoms with E-state index in [1.165, 1.54) is 7.11 Å². The summed E-state index contributed by atoms with van der Waals surface area (Å²) >= 11 is 5.07. The van der Waals surface area contributed by atoms with E-state index >= 15 is 0 Å². The number of nitrogens with zero attached hydrogens (tertiary/aromatic N) is 1. The summed E-state index contributed by atoms with van der Waals surface area (Å²) in [6.07, 6.45) is 0.546. The van der Waals surface area contributed by atoms with E-state index in [1.807, 2.05) is 24.3 Å². The van der Waals surface area contributed by atoms with Crippen molar-refractivity contribution in [2.75, 3.05) is 20.2 Å². The van der Waals surface area contributed by atoms with E-state index in [2.05, 4.69) is 15.0 Å². The number of nitrogens with two attached hydrogens (primary N) is 1. The minimum atomic E-state index is -0.375. The molecule has 108 valence electrons. The number of carbonyl (C=O) groups excluding carboxylic acids is 1. The molecule has 0 aromatic heterocycles. The minimum Gasteiger partial charge on any atom is -0.453 e. The van der Waals surface area contributed by atoms with Gasteiger partial charge in [0.1, 0.15) is 4.99 Å². The van der Waals surface area contributed by atoms with Gasteiger partial charge in [-0.3, -0.25) is 4.90 Å². The van der Waals surface area contributed by atoms with Crippen LogP contribution in [-0.2, 0) is 11.3 Å². The lowest BCUT2D eigenvalue weighted by atomic mass is 10.1. The zero-order chi connectivity index (χ0) is 14.5. The number of hydrogen-bond donors (Lipinski definition) is 2. The molecule has 0 aliphatic carbocycles. The smallest absolute Gasteiger partial charge is 0.407 e. The summed E-state index contributed by atoms with van der Waals surface area (Å²) in [5.41, 5.74) is 7.79. The second-order valence-electron chi connectivity index (χ2n) is 4.88. The van der Waals surface area contributed by atoms with Crippen molar-refractivity contribution in [2.24, 2.45) is 5.73 Å². The molecule has 1 unspecified atom stereocenters. The van der Waals surface area contributed by atoms with Crippen LogP contribution in [-0.4, -0.2) is 42.2 Å². The number of likely N-dealkylation sites (tertiary alicyclic amines) is 1. The zero-order valence-electron chi connectivity index (χ0n) is 11.5. The summed E-state index contributed by atoms with van der Waals surface area (Å²) in [7, 11) is 1.38. The van der Waals surface area contributed by atoms with E-state index in [1.54, 1.807) is 0 Å². The van der Waals surface area contributed by atoms with Crippen LogP contribution in [0.4, 0.5) is 4.79 Å². The van der Waals surface area contributed by atoms with Crippen LogP contribution in [0.15, 0.2) is 24.3 Å². The molecule has 0 radical (unpaired) electrons. The maximum atomic E-state index is 11.2. The highest BCUT2D eigenvalue weighted by atomic mass is 32.1. The van der Waals surface area contributed by atoms with Gasteiger partial charge < -0.3 is 15.8 Å². The van der Waals surface area contributed by atoms with Crippen molar-refractivity contribution in [3.63, 3.8) is 0 Å². The fourth-order valence-corrected chi connectivity index (χ4v) is 2.66. The normalized spacial score (nSPS) is 18.8. The van der Waals surface area contributed by atoms with Gasteiger partial charge in [0.2, 0.25) is 0 Å². The van der Waals surface area contributed by atoms with Crippen molar-refractivity contribution in [1.29, 1.82) is 0 Å². The Kier molecular flexibility index (Phi) is 4.92. The monoisotopic (exact) mass is 293 g/mol. The number of methoxy groups -OCH3 is 1. The second kappa shape index (κ2) is 6.67. The molecule has 1 fully saturated rings. The van der Waals surface area contributed by atoms with Crippen LogP contribution in [0, 0.1) is 0 Å². The summed E-state index contributed by atoms with van der Waals surface area (Å²) in [6.45, 7) is 2.52. The highest BCUT2D eigenvalue weighted by molar-refractivity contribution is 7.80. The number of ether oxygens (including phenoxy) is 1. The lowest BCUT2D eigenvalue weighted by molar-refractivity contribution is 0.166. The van der Waals surface area contributed by atoms with Gasteiger partial charge in [0.25, 0.3) is 0 Å². The summed E-state index contributed by atoms with van der Waals surface area (Å²) in [5.74, 6) is 0. The lowest BCUT2D eigenvalue weighted by Crippen LogP contribution is -2.36. The standard InChI is InChI=1S/C14H19N3O2S/c1-19-14(18)16-11-6-7-17(9-11)8-10-4-2-3-5-12(10)13(15)20/h2-5,11H,6-9H2,1H3,(H2,15,20)(H,16,18). The van der Waals surface area contributed by atoms with E-state index < -0.39 is 0 Å². The predicted octanol–water partition coefficient (Wildman–Crippen LogP) is 1.25. The van der Waals surface area contributed by atoms with Gasteiger partial charge in [-0.05, 0) is 12.0 Å². The molecule has 1 aliphatic heterocycles. The molecule has 5 nitrogen and oxygen atoms in total. The first-order chi connectivity index (χ1) is 9.60. The predicted molar refractivity (Wildman–Crippen MR) is 81.6 cm³/mol. The van der Waals surface area contributed by atoms with Crippen LogP contribution in [0.1, 0.15) is 17.5 Å². The van der Waals surface area contributed by atoms with Gasteiger partial charge in [0.05, 0.1) is 7.11 Å². The molecular weight excluding hydrogens is 274 g/mol. The molecule has 1 atom stereocenters. The first kappa shape index (κ1) is 14.7. The summed E-state index contributed by atoms with van der Waals surface area (Å²) in [6, 6.07) is 8.04. The Labute approximate surface area is 124 Å². The number of hydrogen-bond acceptors (Lipinski definition) is 4. The molecule has 20 heavy (non-hydrogen) atoms. The Hall–Kier alpha value is -1.66. The van der Waals surface area contributed by atoms with Gasteiger partial charge in [-0.15, -0.1) is 0 Å². The number of benzene rings is 1. The number of alkyl carbamates (subject to hydrolysis) is 1. The number of thiocarbonyl (C=S) groups is 1. The van der Waals surface area contributed by atoms with Gasteiger partial charge in [-0.2, -0.15) is 0 Å². The quantitative estimate of drug-likeness (QED) is 0.818. The molecule has 0 bridgehead atoms. The largest absolute Gasteiger partial charge is 0.453 e. The molecule has 1 aromatic rings. The molecule has 6 heteroatoms. The Morgan fingerprint density at radius 2 is 2.30 bits per heavy atom. The van der Waals surface area contributed by atoms with E-state index in [9.17, 15) is 4.79 Å². The van der Waals surface area contributed by atoms with Crippen LogP contribution in [0.2, 0.25) is 0 Å². The van der Waals surface area contributed by atoms with E-state index in [0.717, 1.165) is 37.2 Å². The van der Waals surface area contributed by atoms with Crippen molar-refractivity contribution >= 4 is 23.3 Å². The number of nitrogens with one attached hydrogen (secondary N) is 1. The fourth-order valence-electron chi connectivity index (χ4n) is 2.46. The molecule has 1 saturated heterocycles. The highest BCUT2D eigenvalue weighted by Crippen LogP contribution is 2.16. The molecule has 1 amide bonds. The third-order valence-electron chi connectivity index (χ3n) is 3.46. The topological polar surface area (TPSA) is 67.6 Å². The van der Waals surface area contributed by atoms with Crippen molar-refractivity contribution in [1.82, 2.24) is 10.2 Å². The van der Waals surface area contributed by atoms with Gasteiger partial charge >= 0.3 is 6.09 Å². The number of rotatable bonds is 4. The third kappa shape index (κ3) is 3.68. The summed E-state index contributed by atoms with van der Waals surface area (Å²) in [4.78, 5) is 13.9. The molecule has 0 spiro atoms. The fraction of sp³-hybridized carbons (Fsp3) is 0.429. The van der Waals surface area contributed by atoms with Crippen LogP contribution < -0.4 is 11.1 Å². The average molecular weight is 293 g/mol. The van der Waals surface area contributed by atoms with E-state index in [-0.39, 0.29) is 12.1 Å². The van der Waals surface area contributed by atoms with Gasteiger partial charge in [-0.1, -0.05) is 36.5 Å². The Bertz CT molecular complexity index is 507. The van der Waals surface area contributed by atoms with Crippen molar-refractivity contribution in [3.8, 4) is 0 Å². The summed E-state index contributed by atoms with van der Waals surface area (Å²) in [5, 5.41) is 2.83. The first-order valence-electron chi connectivity index (χ1n) is 6.54. The van der Waals surface area contributed by atoms with Crippen molar-refractivity contribution in [3.05, 3.63) is 35.4 Å². The zero-order valence-corrected chi connectivity index (χ0v) is 12.3. The Morgan fingerprint density at radius 1 is 1.55 bits per heavy atom. The molecule has 1 aromatic carbocycles. The number of carbonyl (C=O) groups is 1. The molecule has 1 heterocycles. The Morgan fingerprint density at radius 3 is 3.00 bits per heavy atom. The van der Waals surface area contributed by atoms with Crippen LogP contribution in [0.5, 0.6) is 0 Å². The first-order valence-corrected chi connectivity index (χ1v) is 6.95. The van der Waals surface area contributed by atoms with Gasteiger partial charge in [0.15, 0.2) is 0 Å². The minimum absolute atomic E-state index is 0.138. The van der Waals surface area contributed by atoms with Gasteiger partial charge in [0, 0.05) is 31.2 Å². The summed E-state index contributed by atoms with van der Waals surface area (Å²) < 4.78 is 4.61. The lowest BCUT2D eigenvalue weighted by Gasteiger charge is -2.18. The molecule has 1 aliphatic rings. The second-order valence-corrected chi connectivity index (χ2v) is 5.32. The third-order valence-corrected chi connectivity index (χ3v) is 3.68. The Balaban J connectivity index is 1.95. The van der Waals surface area contributed by atoms with Crippen molar-refractivity contribution in [2.45, 2.75) is 19.0 Å². The molecule has 0 saturated carbocycles.